The second-order valence-corrected chi connectivity index (χ2v) is 6.48. The number of aromatic nitrogens is 2. The zero-order valence-corrected chi connectivity index (χ0v) is 13.9. The Morgan fingerprint density at radius 2 is 2.17 bits per heavy atom. The van der Waals surface area contributed by atoms with Crippen LogP contribution in [0, 0.1) is 10.1 Å². The zero-order valence-electron chi connectivity index (χ0n) is 12.3. The van der Waals surface area contributed by atoms with Crippen LogP contribution in [-0.4, -0.2) is 20.1 Å². The highest BCUT2D eigenvalue weighted by molar-refractivity contribution is 9.10. The molecule has 0 radical (unpaired) electrons. The predicted octanol–water partition coefficient (Wildman–Crippen LogP) is 2.97. The van der Waals surface area contributed by atoms with Crippen LogP contribution in [0.15, 0.2) is 45.9 Å². The lowest BCUT2D eigenvalue weighted by Crippen LogP contribution is -2.33. The molecule has 1 aliphatic heterocycles. The predicted molar refractivity (Wildman–Crippen MR) is 87.4 cm³/mol. The van der Waals surface area contributed by atoms with Crippen molar-refractivity contribution >= 4 is 27.3 Å². The molecular weight excluding hydrogens is 366 g/mol. The van der Waals surface area contributed by atoms with E-state index < -0.39 is 21.8 Å². The fourth-order valence-electron chi connectivity index (χ4n) is 2.40. The fourth-order valence-corrected chi connectivity index (χ4v) is 2.83. The van der Waals surface area contributed by atoms with Gasteiger partial charge in [0, 0.05) is 22.9 Å². The van der Waals surface area contributed by atoms with Crippen molar-refractivity contribution in [2.24, 2.45) is 0 Å². The number of hydrogen-bond acceptors (Lipinski definition) is 5. The minimum absolute atomic E-state index is 0.423. The molecule has 0 saturated carbocycles. The van der Waals surface area contributed by atoms with Crippen molar-refractivity contribution in [3.63, 3.8) is 0 Å². The van der Waals surface area contributed by atoms with Gasteiger partial charge in [0.25, 0.3) is 0 Å². The van der Waals surface area contributed by atoms with Crippen molar-refractivity contribution in [2.45, 2.75) is 19.4 Å². The molecule has 0 fully saturated rings. The largest absolute Gasteiger partial charge is 0.481 e. The molecular formula is C15H12BrN3O4. The lowest BCUT2D eigenvalue weighted by Gasteiger charge is -2.30. The number of halogens is 1. The van der Waals surface area contributed by atoms with E-state index in [0.29, 0.717) is 21.6 Å². The average Bonchev–Trinajstić information content (AvgIpc) is 2.47. The Labute approximate surface area is 139 Å². The van der Waals surface area contributed by atoms with Gasteiger partial charge in [0.15, 0.2) is 0 Å². The number of fused-ring (bicyclic) bond motifs is 1. The van der Waals surface area contributed by atoms with Gasteiger partial charge in [-0.15, -0.1) is 0 Å². The standard InChI is InChI=1S/C15H12BrN3O4/c1-15(2)7-11(13-12(23-15)4-3-5-17-13)18-8-9(16)6-10(14(18)20)19(21)22/h3-8H,1-2H3. The molecule has 2 aromatic heterocycles. The molecule has 1 aliphatic rings. The van der Waals surface area contributed by atoms with Gasteiger partial charge in [-0.25, -0.2) is 0 Å². The minimum atomic E-state index is -0.723. The van der Waals surface area contributed by atoms with Gasteiger partial charge in [0.1, 0.15) is 17.0 Å². The summed E-state index contributed by atoms with van der Waals surface area (Å²) in [4.78, 5) is 27.1. The quantitative estimate of drug-likeness (QED) is 0.592. The summed E-state index contributed by atoms with van der Waals surface area (Å²) in [5, 5.41) is 11.1. The molecule has 0 spiro atoms. The summed E-state index contributed by atoms with van der Waals surface area (Å²) in [6.07, 6.45) is 4.78. The van der Waals surface area contributed by atoms with Gasteiger partial charge in [0.05, 0.1) is 10.6 Å². The summed E-state index contributed by atoms with van der Waals surface area (Å²) in [5.74, 6) is 0.518. The number of rotatable bonds is 2. The van der Waals surface area contributed by atoms with Crippen molar-refractivity contribution in [2.75, 3.05) is 0 Å². The van der Waals surface area contributed by atoms with Crippen molar-refractivity contribution < 1.29 is 9.66 Å². The fraction of sp³-hybridized carbons (Fsp3) is 0.200. The molecule has 3 heterocycles. The molecule has 0 saturated heterocycles. The Morgan fingerprint density at radius 1 is 1.43 bits per heavy atom. The van der Waals surface area contributed by atoms with Crippen molar-refractivity contribution in [1.82, 2.24) is 9.55 Å². The van der Waals surface area contributed by atoms with Crippen molar-refractivity contribution in [3.8, 4) is 5.75 Å². The van der Waals surface area contributed by atoms with Gasteiger partial charge in [-0.2, -0.15) is 0 Å². The maximum absolute atomic E-state index is 12.5. The topological polar surface area (TPSA) is 87.3 Å². The Balaban J connectivity index is 2.31. The maximum Gasteiger partial charge on any atom is 0.335 e. The molecule has 118 valence electrons. The second-order valence-electron chi connectivity index (χ2n) is 5.56. The molecule has 0 amide bonds. The summed E-state index contributed by atoms with van der Waals surface area (Å²) in [6.45, 7) is 3.67. The second kappa shape index (κ2) is 5.31. The van der Waals surface area contributed by atoms with Crippen LogP contribution >= 0.6 is 15.9 Å². The third-order valence-corrected chi connectivity index (χ3v) is 3.73. The van der Waals surface area contributed by atoms with Crippen LogP contribution in [0.25, 0.3) is 5.70 Å². The highest BCUT2D eigenvalue weighted by atomic mass is 79.9. The number of nitro groups is 1. The molecule has 7 nitrogen and oxygen atoms in total. The lowest BCUT2D eigenvalue weighted by molar-refractivity contribution is -0.386. The molecule has 2 aromatic rings. The Bertz CT molecular complexity index is 902. The van der Waals surface area contributed by atoms with E-state index in [9.17, 15) is 14.9 Å². The summed E-state index contributed by atoms with van der Waals surface area (Å²) < 4.78 is 7.46. The Hall–Kier alpha value is -2.48. The summed E-state index contributed by atoms with van der Waals surface area (Å²) in [7, 11) is 0. The first-order valence-electron chi connectivity index (χ1n) is 6.73. The molecule has 0 unspecified atom stereocenters. The van der Waals surface area contributed by atoms with E-state index in [1.165, 1.54) is 16.8 Å². The van der Waals surface area contributed by atoms with Gasteiger partial charge in [-0.3, -0.25) is 24.5 Å². The third kappa shape index (κ3) is 2.77. The number of hydrogen-bond donors (Lipinski definition) is 0. The van der Waals surface area contributed by atoms with Crippen LogP contribution in [0.4, 0.5) is 5.69 Å². The Morgan fingerprint density at radius 3 is 2.87 bits per heavy atom. The smallest absolute Gasteiger partial charge is 0.335 e. The van der Waals surface area contributed by atoms with Gasteiger partial charge in [-0.05, 0) is 48.0 Å². The van der Waals surface area contributed by atoms with Gasteiger partial charge in [0.2, 0.25) is 0 Å². The van der Waals surface area contributed by atoms with E-state index in [2.05, 4.69) is 20.9 Å². The van der Waals surface area contributed by atoms with E-state index >= 15 is 0 Å². The van der Waals surface area contributed by atoms with Gasteiger partial charge in [-0.1, -0.05) is 0 Å². The lowest BCUT2D eigenvalue weighted by atomic mass is 10.0. The number of nitrogens with zero attached hydrogens (tertiary/aromatic N) is 3. The van der Waals surface area contributed by atoms with E-state index in [1.807, 2.05) is 13.8 Å². The van der Waals surface area contributed by atoms with E-state index in [-0.39, 0.29) is 0 Å². The monoisotopic (exact) mass is 377 g/mol. The molecule has 8 heteroatoms. The zero-order chi connectivity index (χ0) is 16.8. The van der Waals surface area contributed by atoms with Crippen molar-refractivity contribution in [1.29, 1.82) is 0 Å². The number of ether oxygens (including phenoxy) is 1. The minimum Gasteiger partial charge on any atom is -0.481 e. The third-order valence-electron chi connectivity index (χ3n) is 3.29. The van der Waals surface area contributed by atoms with Crippen LogP contribution in [0.2, 0.25) is 0 Å². The van der Waals surface area contributed by atoms with Crippen LogP contribution in [0.5, 0.6) is 5.75 Å². The van der Waals surface area contributed by atoms with Crippen LogP contribution in [0.1, 0.15) is 19.5 Å². The normalized spacial score (nSPS) is 15.3. The van der Waals surface area contributed by atoms with E-state index in [1.54, 1.807) is 24.4 Å². The maximum atomic E-state index is 12.5. The molecule has 23 heavy (non-hydrogen) atoms. The molecule has 3 rings (SSSR count). The first kappa shape index (κ1) is 15.4. The average molecular weight is 378 g/mol. The molecule has 0 bridgehead atoms. The van der Waals surface area contributed by atoms with Crippen LogP contribution in [-0.2, 0) is 0 Å². The molecule has 0 atom stereocenters. The van der Waals surface area contributed by atoms with Gasteiger partial charge < -0.3 is 4.74 Å². The van der Waals surface area contributed by atoms with Crippen LogP contribution < -0.4 is 10.3 Å². The molecule has 0 aliphatic carbocycles. The van der Waals surface area contributed by atoms with Gasteiger partial charge >= 0.3 is 11.2 Å². The van der Waals surface area contributed by atoms with Crippen LogP contribution in [0.3, 0.4) is 0 Å². The first-order valence-corrected chi connectivity index (χ1v) is 7.52. The first-order chi connectivity index (χ1) is 10.8. The van der Waals surface area contributed by atoms with E-state index in [4.69, 9.17) is 4.74 Å². The summed E-state index contributed by atoms with van der Waals surface area (Å²) in [5.41, 5.74) is -1.00. The summed E-state index contributed by atoms with van der Waals surface area (Å²) >= 11 is 3.21. The molecule has 0 N–H and O–H groups in total. The highest BCUT2D eigenvalue weighted by Crippen LogP contribution is 2.35. The Kier molecular flexibility index (Phi) is 3.56. The SMILES string of the molecule is CC1(C)C=C(n2cc(Br)cc([N+](=O)[O-])c2=O)c2ncccc2O1. The number of pyridine rings is 2. The molecule has 0 aromatic carbocycles. The van der Waals surface area contributed by atoms with E-state index in [0.717, 1.165) is 0 Å². The highest BCUT2D eigenvalue weighted by Gasteiger charge is 2.30. The summed E-state index contributed by atoms with van der Waals surface area (Å²) in [6, 6.07) is 4.65. The van der Waals surface area contributed by atoms with Crippen molar-refractivity contribution in [3.05, 3.63) is 67.3 Å².